The molecule has 0 bridgehead atoms. The molecule has 0 radical (unpaired) electrons. The third-order valence-corrected chi connectivity index (χ3v) is 6.25. The first kappa shape index (κ1) is 22.0. The molecule has 0 aliphatic heterocycles. The Kier molecular flexibility index (Phi) is 5.72. The van der Waals surface area contributed by atoms with Crippen molar-refractivity contribution in [3.8, 4) is 27.6 Å². The van der Waals surface area contributed by atoms with Crippen LogP contribution < -0.4 is 5.32 Å². The zero-order valence-electron chi connectivity index (χ0n) is 18.0. The normalized spacial score (nSPS) is 11.1. The Balaban J connectivity index is 1.47. The molecule has 5 rings (SSSR count). The summed E-state index contributed by atoms with van der Waals surface area (Å²) in [6.45, 7) is 3.49. The Bertz CT molecular complexity index is 1510. The second-order valence-electron chi connectivity index (χ2n) is 7.50. The summed E-state index contributed by atoms with van der Waals surface area (Å²) < 4.78 is 20.1. The number of carbonyl (C=O) groups is 1. The van der Waals surface area contributed by atoms with Crippen LogP contribution in [0.25, 0.3) is 27.6 Å². The van der Waals surface area contributed by atoms with Crippen LogP contribution in [0, 0.1) is 19.7 Å². The zero-order chi connectivity index (χ0) is 23.8. The van der Waals surface area contributed by atoms with Crippen LogP contribution in [0.2, 0.25) is 5.02 Å². The Labute approximate surface area is 202 Å². The van der Waals surface area contributed by atoms with Crippen LogP contribution in [-0.2, 0) is 0 Å². The molecule has 3 heterocycles. The highest BCUT2D eigenvalue weighted by atomic mass is 35.5. The molecule has 2 aromatic carbocycles. The van der Waals surface area contributed by atoms with E-state index in [4.69, 9.17) is 16.1 Å². The van der Waals surface area contributed by atoms with E-state index in [-0.39, 0.29) is 11.4 Å². The third-order valence-electron chi connectivity index (χ3n) is 5.11. The smallest absolute Gasteiger partial charge is 0.262 e. The van der Waals surface area contributed by atoms with Crippen molar-refractivity contribution in [2.45, 2.75) is 13.8 Å². The second-order valence-corrected chi connectivity index (χ2v) is 8.75. The molecule has 1 amide bonds. The topological polar surface area (TPSA) is 85.8 Å². The number of nitrogens with one attached hydrogen (secondary N) is 1. The molecule has 34 heavy (non-hydrogen) atoms. The van der Waals surface area contributed by atoms with E-state index in [9.17, 15) is 9.18 Å². The van der Waals surface area contributed by atoms with Crippen molar-refractivity contribution in [1.82, 2.24) is 19.9 Å². The van der Waals surface area contributed by atoms with Crippen LogP contribution >= 0.6 is 22.9 Å². The quantitative estimate of drug-likeness (QED) is 0.310. The molecule has 0 fully saturated rings. The van der Waals surface area contributed by atoms with Gasteiger partial charge in [0.05, 0.1) is 16.4 Å². The van der Waals surface area contributed by atoms with Crippen molar-refractivity contribution in [3.63, 3.8) is 0 Å². The van der Waals surface area contributed by atoms with Crippen LogP contribution in [0.3, 0.4) is 0 Å². The van der Waals surface area contributed by atoms with Crippen LogP contribution in [-0.4, -0.2) is 25.8 Å². The summed E-state index contributed by atoms with van der Waals surface area (Å²) in [4.78, 5) is 17.9. The fourth-order valence-electron chi connectivity index (χ4n) is 3.50. The average molecular weight is 494 g/mol. The Morgan fingerprint density at radius 2 is 1.91 bits per heavy atom. The van der Waals surface area contributed by atoms with Crippen molar-refractivity contribution >= 4 is 34.7 Å². The van der Waals surface area contributed by atoms with Crippen LogP contribution in [0.15, 0.2) is 64.5 Å². The van der Waals surface area contributed by atoms with Crippen molar-refractivity contribution in [2.75, 3.05) is 5.32 Å². The molecule has 1 N–H and O–H groups in total. The first-order valence-corrected chi connectivity index (χ1v) is 11.5. The molecule has 0 atom stereocenters. The second kappa shape index (κ2) is 8.85. The Morgan fingerprint density at radius 1 is 1.15 bits per heavy atom. The van der Waals surface area contributed by atoms with Gasteiger partial charge in [-0.05, 0) is 44.2 Å². The standard InChI is InChI=1S/C24H17ClFN5O2S/c1-13-11-20(31(29-13)24-27-19(12-34-24)15-7-9-16(26)10-8-15)28-23(32)21-14(2)33-30-22(21)17-5-3-4-6-18(17)25/h3-12H,1-2H3,(H,28,32). The summed E-state index contributed by atoms with van der Waals surface area (Å²) >= 11 is 7.67. The van der Waals surface area contributed by atoms with Gasteiger partial charge in [-0.2, -0.15) is 9.78 Å². The van der Waals surface area contributed by atoms with E-state index in [1.807, 2.05) is 18.4 Å². The number of hydrogen-bond donors (Lipinski definition) is 1. The summed E-state index contributed by atoms with van der Waals surface area (Å²) in [5.41, 5.74) is 3.40. The SMILES string of the molecule is Cc1cc(NC(=O)c2c(-c3ccccc3Cl)noc2C)n(-c2nc(-c3ccc(F)cc3)cs2)n1. The molecule has 170 valence electrons. The van der Waals surface area contributed by atoms with E-state index in [1.165, 1.54) is 23.5 Å². The fourth-order valence-corrected chi connectivity index (χ4v) is 4.53. The largest absolute Gasteiger partial charge is 0.360 e. The molecule has 0 aliphatic carbocycles. The number of aromatic nitrogens is 4. The van der Waals surface area contributed by atoms with Gasteiger partial charge in [0.25, 0.3) is 5.91 Å². The maximum atomic E-state index is 13.3. The molecule has 10 heteroatoms. The van der Waals surface area contributed by atoms with Gasteiger partial charge in [0.1, 0.15) is 28.7 Å². The summed E-state index contributed by atoms with van der Waals surface area (Å²) in [7, 11) is 0. The van der Waals surface area contributed by atoms with Gasteiger partial charge in [-0.1, -0.05) is 35.0 Å². The highest BCUT2D eigenvalue weighted by Gasteiger charge is 2.24. The lowest BCUT2D eigenvalue weighted by molar-refractivity contribution is 0.102. The monoisotopic (exact) mass is 493 g/mol. The van der Waals surface area contributed by atoms with Gasteiger partial charge >= 0.3 is 0 Å². The van der Waals surface area contributed by atoms with Gasteiger partial charge in [0.15, 0.2) is 0 Å². The number of hydrogen-bond acceptors (Lipinski definition) is 6. The number of amides is 1. The summed E-state index contributed by atoms with van der Waals surface area (Å²) in [6, 6.07) is 15.0. The maximum Gasteiger partial charge on any atom is 0.262 e. The lowest BCUT2D eigenvalue weighted by atomic mass is 10.1. The number of benzene rings is 2. The minimum absolute atomic E-state index is 0.282. The lowest BCUT2D eigenvalue weighted by Crippen LogP contribution is -2.16. The van der Waals surface area contributed by atoms with E-state index >= 15 is 0 Å². The molecule has 7 nitrogen and oxygen atoms in total. The maximum absolute atomic E-state index is 13.3. The molecule has 5 aromatic rings. The van der Waals surface area contributed by atoms with Gasteiger partial charge in [-0.25, -0.2) is 9.37 Å². The number of aryl methyl sites for hydroxylation is 2. The van der Waals surface area contributed by atoms with E-state index in [2.05, 4.69) is 20.6 Å². The predicted molar refractivity (Wildman–Crippen MR) is 129 cm³/mol. The van der Waals surface area contributed by atoms with Gasteiger partial charge in [-0.3, -0.25) is 4.79 Å². The van der Waals surface area contributed by atoms with Crippen molar-refractivity contribution in [3.05, 3.63) is 87.8 Å². The number of anilines is 1. The Hall–Kier alpha value is -3.82. The minimum Gasteiger partial charge on any atom is -0.360 e. The van der Waals surface area contributed by atoms with E-state index in [0.29, 0.717) is 44.4 Å². The minimum atomic E-state index is -0.412. The van der Waals surface area contributed by atoms with Gasteiger partial charge < -0.3 is 9.84 Å². The Morgan fingerprint density at radius 3 is 2.68 bits per heavy atom. The predicted octanol–water partition coefficient (Wildman–Crippen LogP) is 6.31. The van der Waals surface area contributed by atoms with Crippen molar-refractivity contribution in [2.24, 2.45) is 0 Å². The molecular formula is C24H17ClFN5O2S. The van der Waals surface area contributed by atoms with E-state index < -0.39 is 5.91 Å². The molecule has 0 spiro atoms. The first-order valence-electron chi connectivity index (χ1n) is 10.2. The first-order chi connectivity index (χ1) is 16.4. The molecule has 3 aromatic heterocycles. The average Bonchev–Trinajstić information content (AvgIpc) is 3.53. The number of nitrogens with zero attached hydrogens (tertiary/aromatic N) is 4. The van der Waals surface area contributed by atoms with Crippen molar-refractivity contribution in [1.29, 1.82) is 0 Å². The molecule has 0 saturated heterocycles. The van der Waals surface area contributed by atoms with Gasteiger partial charge in [0, 0.05) is 22.6 Å². The summed E-state index contributed by atoms with van der Waals surface area (Å²) in [5, 5.41) is 14.3. The fraction of sp³-hybridized carbons (Fsp3) is 0.0833. The number of halogens is 2. The van der Waals surface area contributed by atoms with Crippen LogP contribution in [0.4, 0.5) is 10.2 Å². The van der Waals surface area contributed by atoms with Crippen LogP contribution in [0.1, 0.15) is 21.8 Å². The summed E-state index contributed by atoms with van der Waals surface area (Å²) in [5.74, 6) is 0.0773. The van der Waals surface area contributed by atoms with E-state index in [0.717, 1.165) is 5.56 Å². The molecule has 0 aliphatic rings. The molecular weight excluding hydrogens is 477 g/mol. The van der Waals surface area contributed by atoms with Gasteiger partial charge in [0.2, 0.25) is 5.13 Å². The number of rotatable bonds is 5. The highest BCUT2D eigenvalue weighted by molar-refractivity contribution is 7.12. The lowest BCUT2D eigenvalue weighted by Gasteiger charge is -2.08. The van der Waals surface area contributed by atoms with Crippen molar-refractivity contribution < 1.29 is 13.7 Å². The number of carbonyl (C=O) groups excluding carboxylic acids is 1. The third kappa shape index (κ3) is 4.11. The van der Waals surface area contributed by atoms with Crippen LogP contribution in [0.5, 0.6) is 0 Å². The molecule has 0 unspecified atom stereocenters. The summed E-state index contributed by atoms with van der Waals surface area (Å²) in [6.07, 6.45) is 0. The number of thiazole rings is 1. The highest BCUT2D eigenvalue weighted by Crippen LogP contribution is 2.32. The molecule has 0 saturated carbocycles. The zero-order valence-corrected chi connectivity index (χ0v) is 19.6. The van der Waals surface area contributed by atoms with E-state index in [1.54, 1.807) is 48.0 Å². The van der Waals surface area contributed by atoms with Gasteiger partial charge in [-0.15, -0.1) is 11.3 Å².